The summed E-state index contributed by atoms with van der Waals surface area (Å²) in [5.41, 5.74) is -0.363. The van der Waals surface area contributed by atoms with Crippen molar-refractivity contribution in [3.8, 4) is 0 Å². The summed E-state index contributed by atoms with van der Waals surface area (Å²) in [4.78, 5) is 14.4. The lowest BCUT2D eigenvalue weighted by Crippen LogP contribution is -2.63. The smallest absolute Gasteiger partial charge is 0.318 e. The van der Waals surface area contributed by atoms with Gasteiger partial charge in [0.15, 0.2) is 0 Å². The molecule has 0 unspecified atom stereocenters. The highest BCUT2D eigenvalue weighted by atomic mass is 16.3. The van der Waals surface area contributed by atoms with Crippen molar-refractivity contribution in [1.29, 1.82) is 0 Å². The van der Waals surface area contributed by atoms with Crippen LogP contribution in [0.3, 0.4) is 0 Å². The highest BCUT2D eigenvalue weighted by Gasteiger charge is 2.42. The number of likely N-dealkylation sites (tertiary alicyclic amines) is 1. The van der Waals surface area contributed by atoms with Crippen LogP contribution >= 0.6 is 0 Å². The van der Waals surface area contributed by atoms with Gasteiger partial charge in [0.1, 0.15) is 0 Å². The highest BCUT2D eigenvalue weighted by molar-refractivity contribution is 5.76. The van der Waals surface area contributed by atoms with E-state index in [0.717, 1.165) is 32.2 Å². The Morgan fingerprint density at radius 3 is 2.33 bits per heavy atom. The molecule has 0 radical (unpaired) electrons. The molecule has 3 N–H and O–H groups in total. The molecule has 122 valence electrons. The molecule has 1 atom stereocenters. The first-order valence-electron chi connectivity index (χ1n) is 8.05. The first-order valence-corrected chi connectivity index (χ1v) is 8.05. The van der Waals surface area contributed by atoms with Gasteiger partial charge in [0.2, 0.25) is 0 Å². The minimum atomic E-state index is -0.401. The summed E-state index contributed by atoms with van der Waals surface area (Å²) in [6, 6.07) is 0.148. The summed E-state index contributed by atoms with van der Waals surface area (Å²) in [5, 5.41) is 16.4. The van der Waals surface area contributed by atoms with E-state index in [1.165, 1.54) is 0 Å². The molecule has 0 aromatic carbocycles. The Labute approximate surface area is 128 Å². The van der Waals surface area contributed by atoms with E-state index < -0.39 is 5.54 Å². The Balaban J connectivity index is 2.02. The number of piperidine rings is 1. The second-order valence-electron chi connectivity index (χ2n) is 8.36. The van der Waals surface area contributed by atoms with Crippen molar-refractivity contribution < 1.29 is 9.90 Å². The van der Waals surface area contributed by atoms with Crippen molar-refractivity contribution in [2.24, 2.45) is 0 Å². The Morgan fingerprint density at radius 2 is 1.81 bits per heavy atom. The van der Waals surface area contributed by atoms with E-state index in [4.69, 9.17) is 0 Å². The second kappa shape index (κ2) is 5.43. The molecule has 0 bridgehead atoms. The Hall–Kier alpha value is -0.810. The van der Waals surface area contributed by atoms with Crippen LogP contribution in [0.1, 0.15) is 60.3 Å². The average Bonchev–Trinajstić information content (AvgIpc) is 2.67. The van der Waals surface area contributed by atoms with Gasteiger partial charge in [0, 0.05) is 23.7 Å². The summed E-state index contributed by atoms with van der Waals surface area (Å²) in [5.74, 6) is 0. The minimum absolute atomic E-state index is 0.0188. The highest BCUT2D eigenvalue weighted by Crippen LogP contribution is 2.31. The van der Waals surface area contributed by atoms with E-state index in [9.17, 15) is 9.90 Å². The Kier molecular flexibility index (Phi) is 4.28. The molecular weight excluding hydrogens is 266 g/mol. The second-order valence-corrected chi connectivity index (χ2v) is 8.36. The van der Waals surface area contributed by atoms with Gasteiger partial charge in [-0.05, 0) is 60.3 Å². The van der Waals surface area contributed by atoms with Crippen LogP contribution in [0.25, 0.3) is 0 Å². The third-order valence-corrected chi connectivity index (χ3v) is 4.85. The zero-order valence-electron chi connectivity index (χ0n) is 14.1. The largest absolute Gasteiger partial charge is 0.394 e. The van der Waals surface area contributed by atoms with Crippen LogP contribution in [0.15, 0.2) is 0 Å². The number of amides is 2. The van der Waals surface area contributed by atoms with E-state index >= 15 is 0 Å². The fourth-order valence-electron chi connectivity index (χ4n) is 4.21. The molecule has 0 aliphatic carbocycles. The zero-order chi connectivity index (χ0) is 15.9. The van der Waals surface area contributed by atoms with Gasteiger partial charge in [-0.25, -0.2) is 4.79 Å². The molecule has 2 fully saturated rings. The predicted octanol–water partition coefficient (Wildman–Crippen LogP) is 1.85. The molecule has 2 aliphatic rings. The molecule has 2 rings (SSSR count). The number of carbonyl (C=O) groups excluding carboxylic acids is 1. The minimum Gasteiger partial charge on any atom is -0.394 e. The fourth-order valence-corrected chi connectivity index (χ4v) is 4.21. The molecule has 0 aromatic rings. The average molecular weight is 297 g/mol. The van der Waals surface area contributed by atoms with Crippen LogP contribution in [0.4, 0.5) is 4.79 Å². The normalized spacial score (nSPS) is 32.2. The summed E-state index contributed by atoms with van der Waals surface area (Å²) in [7, 11) is 0. The molecule has 5 heteroatoms. The van der Waals surface area contributed by atoms with Crippen molar-refractivity contribution in [2.75, 3.05) is 13.2 Å². The maximum Gasteiger partial charge on any atom is 0.318 e. The molecule has 2 heterocycles. The van der Waals surface area contributed by atoms with Crippen molar-refractivity contribution in [2.45, 2.75) is 83.0 Å². The first-order chi connectivity index (χ1) is 9.57. The van der Waals surface area contributed by atoms with Crippen molar-refractivity contribution in [1.82, 2.24) is 15.5 Å². The first kappa shape index (κ1) is 16.6. The zero-order valence-corrected chi connectivity index (χ0v) is 14.1. The van der Waals surface area contributed by atoms with Crippen LogP contribution in [0.2, 0.25) is 0 Å². The Morgan fingerprint density at radius 1 is 1.24 bits per heavy atom. The van der Waals surface area contributed by atoms with Crippen LogP contribution < -0.4 is 10.6 Å². The van der Waals surface area contributed by atoms with Crippen molar-refractivity contribution in [3.63, 3.8) is 0 Å². The Bertz CT molecular complexity index is 392. The summed E-state index contributed by atoms with van der Waals surface area (Å²) < 4.78 is 0. The number of urea groups is 1. The van der Waals surface area contributed by atoms with Crippen molar-refractivity contribution >= 4 is 6.03 Å². The van der Waals surface area contributed by atoms with E-state index in [1.807, 2.05) is 11.8 Å². The molecular formula is C16H31N3O2. The molecule has 5 nitrogen and oxygen atoms in total. The maximum absolute atomic E-state index is 12.6. The number of nitrogens with zero attached hydrogens (tertiary/aromatic N) is 1. The SMILES string of the molecule is CC1(C)CC(NC(=O)N2CCC[C@@]2(C)CO)CC(C)(C)N1. The van der Waals surface area contributed by atoms with E-state index in [1.54, 1.807) is 0 Å². The summed E-state index contributed by atoms with van der Waals surface area (Å²) in [6.45, 7) is 11.5. The molecule has 0 aromatic heterocycles. The molecule has 2 saturated heterocycles. The van der Waals surface area contributed by atoms with Gasteiger partial charge in [0.25, 0.3) is 0 Å². The number of nitrogens with one attached hydrogen (secondary N) is 2. The number of hydrogen-bond donors (Lipinski definition) is 3. The molecule has 2 amide bonds. The lowest BCUT2D eigenvalue weighted by atomic mass is 9.79. The standard InChI is InChI=1S/C16H31N3O2/c1-14(2)9-12(10-15(3,4)18-14)17-13(21)19-8-6-7-16(19,5)11-20/h12,18,20H,6-11H2,1-5H3,(H,17,21)/t16-/m0/s1. The van der Waals surface area contributed by atoms with E-state index in [-0.39, 0.29) is 29.8 Å². The summed E-state index contributed by atoms with van der Waals surface area (Å²) >= 11 is 0. The van der Waals surface area contributed by atoms with Gasteiger partial charge in [-0.1, -0.05) is 0 Å². The van der Waals surface area contributed by atoms with Crippen molar-refractivity contribution in [3.05, 3.63) is 0 Å². The van der Waals surface area contributed by atoms with Gasteiger partial charge in [-0.3, -0.25) is 0 Å². The summed E-state index contributed by atoms with van der Waals surface area (Å²) in [6.07, 6.45) is 3.69. The van der Waals surface area contributed by atoms with Gasteiger partial charge in [-0.2, -0.15) is 0 Å². The van der Waals surface area contributed by atoms with Gasteiger partial charge in [-0.15, -0.1) is 0 Å². The molecule has 0 spiro atoms. The lowest BCUT2D eigenvalue weighted by Gasteiger charge is -2.47. The number of aliphatic hydroxyl groups excluding tert-OH is 1. The quantitative estimate of drug-likeness (QED) is 0.729. The molecule has 21 heavy (non-hydrogen) atoms. The van der Waals surface area contributed by atoms with Crippen LogP contribution in [-0.2, 0) is 0 Å². The van der Waals surface area contributed by atoms with E-state index in [0.29, 0.717) is 0 Å². The van der Waals surface area contributed by atoms with Gasteiger partial charge in [0.05, 0.1) is 12.1 Å². The number of hydrogen-bond acceptors (Lipinski definition) is 3. The number of carbonyl (C=O) groups is 1. The molecule has 0 saturated carbocycles. The number of aliphatic hydroxyl groups is 1. The topological polar surface area (TPSA) is 64.6 Å². The number of rotatable bonds is 2. The molecule has 2 aliphatic heterocycles. The maximum atomic E-state index is 12.6. The van der Waals surface area contributed by atoms with Crippen LogP contribution in [0, 0.1) is 0 Å². The fraction of sp³-hybridized carbons (Fsp3) is 0.938. The lowest BCUT2D eigenvalue weighted by molar-refractivity contribution is 0.0892. The van der Waals surface area contributed by atoms with Crippen LogP contribution in [-0.4, -0.2) is 51.8 Å². The van der Waals surface area contributed by atoms with Gasteiger partial charge < -0.3 is 20.6 Å². The monoisotopic (exact) mass is 297 g/mol. The third-order valence-electron chi connectivity index (χ3n) is 4.85. The van der Waals surface area contributed by atoms with E-state index in [2.05, 4.69) is 38.3 Å². The van der Waals surface area contributed by atoms with Gasteiger partial charge >= 0.3 is 6.03 Å². The third kappa shape index (κ3) is 3.69. The predicted molar refractivity (Wildman–Crippen MR) is 84.3 cm³/mol. The van der Waals surface area contributed by atoms with Crippen LogP contribution in [0.5, 0.6) is 0 Å².